The van der Waals surface area contributed by atoms with E-state index in [2.05, 4.69) is 0 Å². The largest absolute Gasteiger partial charge is 0.398 e. The third kappa shape index (κ3) is 2.87. The SMILES string of the molecule is Cc1cccc(/C(N)=C\C(N)=S)c1. The van der Waals surface area contributed by atoms with E-state index in [-0.39, 0.29) is 0 Å². The van der Waals surface area contributed by atoms with Crippen molar-refractivity contribution in [1.29, 1.82) is 0 Å². The molecule has 0 fully saturated rings. The molecule has 0 radical (unpaired) electrons. The molecule has 13 heavy (non-hydrogen) atoms. The highest BCUT2D eigenvalue weighted by Gasteiger charge is 1.96. The lowest BCUT2D eigenvalue weighted by Crippen LogP contribution is -2.07. The van der Waals surface area contributed by atoms with E-state index < -0.39 is 0 Å². The summed E-state index contributed by atoms with van der Waals surface area (Å²) in [5, 5.41) is 0. The van der Waals surface area contributed by atoms with Crippen molar-refractivity contribution in [3.8, 4) is 0 Å². The highest BCUT2D eigenvalue weighted by molar-refractivity contribution is 7.80. The van der Waals surface area contributed by atoms with Crippen LogP contribution in [0.2, 0.25) is 0 Å². The third-order valence-corrected chi connectivity index (χ3v) is 1.77. The topological polar surface area (TPSA) is 52.0 Å². The van der Waals surface area contributed by atoms with Crippen LogP contribution in [-0.4, -0.2) is 4.99 Å². The molecule has 1 aromatic rings. The van der Waals surface area contributed by atoms with Gasteiger partial charge < -0.3 is 11.5 Å². The molecule has 0 saturated carbocycles. The molecule has 4 N–H and O–H groups in total. The van der Waals surface area contributed by atoms with Crippen LogP contribution in [0.25, 0.3) is 5.70 Å². The summed E-state index contributed by atoms with van der Waals surface area (Å²) in [6, 6.07) is 7.88. The average Bonchev–Trinajstić information content (AvgIpc) is 2.03. The molecule has 0 atom stereocenters. The molecule has 0 unspecified atom stereocenters. The zero-order valence-electron chi connectivity index (χ0n) is 7.45. The molecule has 0 aliphatic rings. The molecule has 2 nitrogen and oxygen atoms in total. The second kappa shape index (κ2) is 4.05. The van der Waals surface area contributed by atoms with Gasteiger partial charge in [0, 0.05) is 5.70 Å². The number of hydrogen-bond acceptors (Lipinski definition) is 2. The van der Waals surface area contributed by atoms with E-state index in [1.165, 1.54) is 0 Å². The van der Waals surface area contributed by atoms with Crippen molar-refractivity contribution in [1.82, 2.24) is 0 Å². The summed E-state index contributed by atoms with van der Waals surface area (Å²) in [5.74, 6) is 0. The minimum Gasteiger partial charge on any atom is -0.398 e. The molecule has 0 spiro atoms. The molecule has 0 aliphatic carbocycles. The van der Waals surface area contributed by atoms with Gasteiger partial charge in [-0.3, -0.25) is 0 Å². The second-order valence-electron chi connectivity index (χ2n) is 2.87. The van der Waals surface area contributed by atoms with Crippen molar-refractivity contribution in [3.63, 3.8) is 0 Å². The number of thiocarbonyl (C=S) groups is 1. The fraction of sp³-hybridized carbons (Fsp3) is 0.100. The quantitative estimate of drug-likeness (QED) is 0.552. The standard InChI is InChI=1S/C10H12N2S/c1-7-3-2-4-8(5-7)9(11)6-10(12)13/h2-6H,11H2,1H3,(H2,12,13)/b9-6+. The first-order valence-corrected chi connectivity index (χ1v) is 4.34. The molecule has 0 aromatic heterocycles. The lowest BCUT2D eigenvalue weighted by Gasteiger charge is -2.01. The summed E-state index contributed by atoms with van der Waals surface area (Å²) in [4.78, 5) is 0.305. The van der Waals surface area contributed by atoms with Gasteiger partial charge in [0.25, 0.3) is 0 Å². The predicted octanol–water partition coefficient (Wildman–Crippen LogP) is 1.58. The van der Waals surface area contributed by atoms with E-state index in [4.69, 9.17) is 23.7 Å². The molecule has 0 heterocycles. The van der Waals surface area contributed by atoms with Gasteiger partial charge >= 0.3 is 0 Å². The highest BCUT2D eigenvalue weighted by atomic mass is 32.1. The average molecular weight is 192 g/mol. The van der Waals surface area contributed by atoms with Gasteiger partial charge in [-0.05, 0) is 24.6 Å². The van der Waals surface area contributed by atoms with Gasteiger partial charge in [-0.1, -0.05) is 36.0 Å². The monoisotopic (exact) mass is 192 g/mol. The van der Waals surface area contributed by atoms with Gasteiger partial charge in [0.05, 0.1) is 4.99 Å². The first-order chi connectivity index (χ1) is 6.09. The Bertz CT molecular complexity index is 356. The van der Waals surface area contributed by atoms with Crippen LogP contribution in [0, 0.1) is 6.92 Å². The number of benzene rings is 1. The summed E-state index contributed by atoms with van der Waals surface area (Å²) in [7, 11) is 0. The van der Waals surface area contributed by atoms with E-state index in [1.54, 1.807) is 6.08 Å². The Balaban J connectivity index is 3.02. The van der Waals surface area contributed by atoms with Gasteiger partial charge in [-0.15, -0.1) is 0 Å². The molecular formula is C10H12N2S. The summed E-state index contributed by atoms with van der Waals surface area (Å²) < 4.78 is 0. The van der Waals surface area contributed by atoms with Crippen molar-refractivity contribution in [2.24, 2.45) is 11.5 Å². The highest BCUT2D eigenvalue weighted by Crippen LogP contribution is 2.10. The van der Waals surface area contributed by atoms with Gasteiger partial charge in [0.1, 0.15) is 0 Å². The minimum atomic E-state index is 0.305. The molecule has 0 saturated heterocycles. The molecule has 3 heteroatoms. The van der Waals surface area contributed by atoms with Gasteiger partial charge in [0.2, 0.25) is 0 Å². The first kappa shape index (κ1) is 9.74. The Labute approximate surface area is 83.2 Å². The number of hydrogen-bond donors (Lipinski definition) is 2. The van der Waals surface area contributed by atoms with Crippen molar-refractivity contribution in [2.45, 2.75) is 6.92 Å². The number of rotatable bonds is 2. The summed E-state index contributed by atoms with van der Waals surface area (Å²) in [6.07, 6.45) is 1.59. The Kier molecular flexibility index (Phi) is 3.03. The molecule has 0 aliphatic heterocycles. The number of nitrogens with two attached hydrogens (primary N) is 2. The normalized spacial score (nSPS) is 11.3. The lowest BCUT2D eigenvalue weighted by atomic mass is 10.1. The molecule has 1 aromatic carbocycles. The summed E-state index contributed by atoms with van der Waals surface area (Å²) in [5.41, 5.74) is 13.8. The van der Waals surface area contributed by atoms with E-state index in [1.807, 2.05) is 31.2 Å². The van der Waals surface area contributed by atoms with Crippen LogP contribution in [0.4, 0.5) is 0 Å². The van der Waals surface area contributed by atoms with Crippen molar-refractivity contribution < 1.29 is 0 Å². The second-order valence-corrected chi connectivity index (χ2v) is 3.34. The summed E-state index contributed by atoms with van der Waals surface area (Å²) in [6.45, 7) is 2.01. The zero-order chi connectivity index (χ0) is 9.84. The van der Waals surface area contributed by atoms with Crippen LogP contribution in [0.5, 0.6) is 0 Å². The molecule has 0 amide bonds. The summed E-state index contributed by atoms with van der Waals surface area (Å²) >= 11 is 4.73. The van der Waals surface area contributed by atoms with E-state index in [0.29, 0.717) is 10.7 Å². The molecule has 68 valence electrons. The van der Waals surface area contributed by atoms with Crippen LogP contribution in [0.1, 0.15) is 11.1 Å². The van der Waals surface area contributed by atoms with Crippen LogP contribution in [0.15, 0.2) is 30.3 Å². The third-order valence-electron chi connectivity index (χ3n) is 1.65. The molecule has 1 rings (SSSR count). The van der Waals surface area contributed by atoms with E-state index >= 15 is 0 Å². The zero-order valence-corrected chi connectivity index (χ0v) is 8.27. The van der Waals surface area contributed by atoms with Crippen LogP contribution < -0.4 is 11.5 Å². The van der Waals surface area contributed by atoms with Crippen LogP contribution in [-0.2, 0) is 0 Å². The Morgan fingerprint density at radius 3 is 2.62 bits per heavy atom. The maximum absolute atomic E-state index is 5.76. The number of aryl methyl sites for hydroxylation is 1. The fourth-order valence-electron chi connectivity index (χ4n) is 1.06. The maximum Gasteiger partial charge on any atom is 0.0982 e. The van der Waals surface area contributed by atoms with E-state index in [0.717, 1.165) is 11.1 Å². The first-order valence-electron chi connectivity index (χ1n) is 3.93. The lowest BCUT2D eigenvalue weighted by molar-refractivity contribution is 1.42. The Morgan fingerprint density at radius 2 is 2.08 bits per heavy atom. The minimum absolute atomic E-state index is 0.305. The van der Waals surface area contributed by atoms with Gasteiger partial charge in [-0.2, -0.15) is 0 Å². The Morgan fingerprint density at radius 1 is 1.38 bits per heavy atom. The molecule has 0 bridgehead atoms. The fourth-order valence-corrected chi connectivity index (χ4v) is 1.19. The van der Waals surface area contributed by atoms with Crippen LogP contribution in [0.3, 0.4) is 0 Å². The van der Waals surface area contributed by atoms with Crippen LogP contribution >= 0.6 is 12.2 Å². The van der Waals surface area contributed by atoms with Gasteiger partial charge in [-0.25, -0.2) is 0 Å². The predicted molar refractivity (Wildman–Crippen MR) is 60.1 cm³/mol. The maximum atomic E-state index is 5.76. The van der Waals surface area contributed by atoms with Crippen molar-refractivity contribution in [3.05, 3.63) is 41.5 Å². The van der Waals surface area contributed by atoms with Crippen molar-refractivity contribution >= 4 is 22.9 Å². The van der Waals surface area contributed by atoms with E-state index in [9.17, 15) is 0 Å². The van der Waals surface area contributed by atoms with Crippen molar-refractivity contribution in [2.75, 3.05) is 0 Å². The smallest absolute Gasteiger partial charge is 0.0982 e. The Hall–Kier alpha value is -1.35. The van der Waals surface area contributed by atoms with Gasteiger partial charge in [0.15, 0.2) is 0 Å². The molecular weight excluding hydrogens is 180 g/mol.